The molecule has 152 valence electrons. The number of phenolic OH excluding ortho intramolecular Hbond substituents is 1. The summed E-state index contributed by atoms with van der Waals surface area (Å²) in [5, 5.41) is 29.7. The molecule has 1 fully saturated rings. The molecule has 28 heavy (non-hydrogen) atoms. The van der Waals surface area contributed by atoms with Crippen LogP contribution in [-0.4, -0.2) is 38.7 Å². The summed E-state index contributed by atoms with van der Waals surface area (Å²) in [5.74, 6) is -1.12. The first-order valence-corrected chi connectivity index (χ1v) is 9.85. The molecule has 2 rings (SSSR count). The normalized spacial score (nSPS) is 19.4. The molecule has 3 N–H and O–H groups in total. The number of nitrogens with one attached hydrogen (secondary N) is 1. The molecule has 1 unspecified atom stereocenters. The van der Waals surface area contributed by atoms with E-state index in [9.17, 15) is 14.7 Å². The topological polar surface area (TPSA) is 111 Å². The summed E-state index contributed by atoms with van der Waals surface area (Å²) in [7, 11) is 0. The van der Waals surface area contributed by atoms with Gasteiger partial charge in [0.25, 0.3) is 0 Å². The van der Waals surface area contributed by atoms with Gasteiger partial charge in [-0.15, -0.1) is 5.10 Å². The fraction of sp³-hybridized carbons (Fsp3) is 0.500. The van der Waals surface area contributed by atoms with Gasteiger partial charge in [-0.25, -0.2) is 0 Å². The van der Waals surface area contributed by atoms with E-state index in [1.165, 1.54) is 0 Å². The number of aromatic hydroxyl groups is 1. The highest BCUT2D eigenvalue weighted by Crippen LogP contribution is 2.39. The first-order valence-electron chi connectivity index (χ1n) is 8.97. The standard InChI is InChI=1S/C20H27N3O4S/c1-19(2,3)12-7-11(8-13(16(12)26)20(4,5)6)10-21-23-18-22-17(27)14(28-18)9-15(24)25/h7-8,10,14,26H,9H2,1-6H3,(H,24,25)(H,22,23,27). The molecule has 1 atom stereocenters. The van der Waals surface area contributed by atoms with Gasteiger partial charge in [0, 0.05) is 11.1 Å². The zero-order valence-electron chi connectivity index (χ0n) is 17.0. The Hall–Kier alpha value is -2.35. The number of benzene rings is 1. The highest BCUT2D eigenvalue weighted by Gasteiger charge is 2.32. The van der Waals surface area contributed by atoms with Crippen molar-refractivity contribution in [1.82, 2.24) is 5.32 Å². The van der Waals surface area contributed by atoms with E-state index in [0.717, 1.165) is 28.5 Å². The predicted octanol–water partition coefficient (Wildman–Crippen LogP) is 3.38. The van der Waals surface area contributed by atoms with Crippen molar-refractivity contribution in [2.45, 2.75) is 64.0 Å². The fourth-order valence-electron chi connectivity index (χ4n) is 2.77. The maximum atomic E-state index is 11.7. The SMILES string of the molecule is CC(C)(C)c1cc(C=NN=C2NC(=O)C(CC(=O)O)S2)cc(C(C)(C)C)c1O. The molecule has 0 saturated carbocycles. The van der Waals surface area contributed by atoms with E-state index in [1.807, 2.05) is 53.7 Å². The zero-order valence-corrected chi connectivity index (χ0v) is 17.8. The number of rotatable bonds is 4. The lowest BCUT2D eigenvalue weighted by molar-refractivity contribution is -0.138. The molecule has 0 aromatic heterocycles. The van der Waals surface area contributed by atoms with E-state index in [2.05, 4.69) is 15.5 Å². The van der Waals surface area contributed by atoms with Crippen molar-refractivity contribution < 1.29 is 19.8 Å². The van der Waals surface area contributed by atoms with E-state index in [0.29, 0.717) is 5.75 Å². The van der Waals surface area contributed by atoms with Gasteiger partial charge in [0.15, 0.2) is 5.17 Å². The Morgan fingerprint density at radius 1 is 1.18 bits per heavy atom. The van der Waals surface area contributed by atoms with Crippen molar-refractivity contribution in [2.75, 3.05) is 0 Å². The Bertz CT molecular complexity index is 813. The fourth-order valence-corrected chi connectivity index (χ4v) is 3.68. The number of aliphatic carboxylic acids is 1. The molecular weight excluding hydrogens is 378 g/mol. The van der Waals surface area contributed by atoms with Crippen LogP contribution in [0.1, 0.15) is 64.7 Å². The summed E-state index contributed by atoms with van der Waals surface area (Å²) in [6, 6.07) is 3.75. The summed E-state index contributed by atoms with van der Waals surface area (Å²) >= 11 is 1.05. The van der Waals surface area contributed by atoms with E-state index in [-0.39, 0.29) is 28.3 Å². The van der Waals surface area contributed by atoms with E-state index >= 15 is 0 Å². The number of carbonyl (C=O) groups excluding carboxylic acids is 1. The Kier molecular flexibility index (Phi) is 6.23. The lowest BCUT2D eigenvalue weighted by Crippen LogP contribution is -2.26. The summed E-state index contributed by atoms with van der Waals surface area (Å²) in [4.78, 5) is 22.5. The van der Waals surface area contributed by atoms with Crippen LogP contribution in [-0.2, 0) is 20.4 Å². The third-order valence-corrected chi connectivity index (χ3v) is 5.31. The van der Waals surface area contributed by atoms with E-state index in [4.69, 9.17) is 5.11 Å². The van der Waals surface area contributed by atoms with Crippen molar-refractivity contribution in [3.63, 3.8) is 0 Å². The Balaban J connectivity index is 2.31. The van der Waals surface area contributed by atoms with Crippen LogP contribution in [0.5, 0.6) is 5.75 Å². The Morgan fingerprint density at radius 3 is 2.18 bits per heavy atom. The van der Waals surface area contributed by atoms with Crippen molar-refractivity contribution in [2.24, 2.45) is 10.2 Å². The summed E-state index contributed by atoms with van der Waals surface area (Å²) < 4.78 is 0. The van der Waals surface area contributed by atoms with Gasteiger partial charge in [-0.1, -0.05) is 53.3 Å². The molecule has 1 saturated heterocycles. The van der Waals surface area contributed by atoms with Crippen molar-refractivity contribution in [1.29, 1.82) is 0 Å². The Morgan fingerprint density at radius 2 is 1.71 bits per heavy atom. The second kappa shape index (κ2) is 7.95. The molecule has 0 bridgehead atoms. The predicted molar refractivity (Wildman–Crippen MR) is 112 cm³/mol. The number of nitrogens with zero attached hydrogens (tertiary/aromatic N) is 2. The molecule has 1 aliphatic heterocycles. The van der Waals surface area contributed by atoms with Gasteiger partial charge < -0.3 is 15.5 Å². The van der Waals surface area contributed by atoms with Crippen LogP contribution in [0.3, 0.4) is 0 Å². The molecule has 7 nitrogen and oxygen atoms in total. The second-order valence-electron chi connectivity index (χ2n) is 8.81. The molecule has 1 aromatic rings. The molecule has 1 aromatic carbocycles. The van der Waals surface area contributed by atoms with Gasteiger partial charge in [0.05, 0.1) is 12.6 Å². The molecule has 8 heteroatoms. The maximum absolute atomic E-state index is 11.7. The van der Waals surface area contributed by atoms with Crippen molar-refractivity contribution >= 4 is 35.0 Å². The van der Waals surface area contributed by atoms with Crippen LogP contribution < -0.4 is 5.32 Å². The maximum Gasteiger partial charge on any atom is 0.305 e. The minimum absolute atomic E-state index is 0.251. The van der Waals surface area contributed by atoms with Crippen LogP contribution >= 0.6 is 11.8 Å². The van der Waals surface area contributed by atoms with E-state index in [1.54, 1.807) is 6.21 Å². The largest absolute Gasteiger partial charge is 0.507 e. The smallest absolute Gasteiger partial charge is 0.305 e. The minimum Gasteiger partial charge on any atom is -0.507 e. The first kappa shape index (κ1) is 21.9. The summed E-state index contributed by atoms with van der Waals surface area (Å²) in [5.41, 5.74) is 1.92. The third kappa shape index (κ3) is 5.34. The van der Waals surface area contributed by atoms with Crippen molar-refractivity contribution in [3.8, 4) is 5.75 Å². The third-order valence-electron chi connectivity index (χ3n) is 4.24. The highest BCUT2D eigenvalue weighted by atomic mass is 32.2. The number of carbonyl (C=O) groups is 2. The highest BCUT2D eigenvalue weighted by molar-refractivity contribution is 8.15. The molecule has 0 aliphatic carbocycles. The van der Waals surface area contributed by atoms with Gasteiger partial charge in [-0.2, -0.15) is 5.10 Å². The van der Waals surface area contributed by atoms with Crippen molar-refractivity contribution in [3.05, 3.63) is 28.8 Å². The molecule has 0 radical (unpaired) electrons. The molecule has 1 heterocycles. The summed E-state index contributed by atoms with van der Waals surface area (Å²) in [6.45, 7) is 12.2. The van der Waals surface area contributed by atoms with Crippen LogP contribution in [0.25, 0.3) is 0 Å². The monoisotopic (exact) mass is 405 g/mol. The average molecular weight is 406 g/mol. The van der Waals surface area contributed by atoms with E-state index < -0.39 is 11.2 Å². The van der Waals surface area contributed by atoms with Crippen LogP contribution in [0.15, 0.2) is 22.3 Å². The molecule has 1 aliphatic rings. The zero-order chi connectivity index (χ0) is 21.3. The first-order chi connectivity index (χ1) is 12.8. The van der Waals surface area contributed by atoms with Gasteiger partial charge in [-0.05, 0) is 28.5 Å². The lowest BCUT2D eigenvalue weighted by atomic mass is 9.78. The van der Waals surface area contributed by atoms with Gasteiger partial charge in [-0.3, -0.25) is 9.59 Å². The number of phenols is 1. The minimum atomic E-state index is -1.04. The number of hydrogen-bond donors (Lipinski definition) is 3. The van der Waals surface area contributed by atoms with Crippen LogP contribution in [0.4, 0.5) is 0 Å². The van der Waals surface area contributed by atoms with Gasteiger partial charge in [0.2, 0.25) is 5.91 Å². The quantitative estimate of drug-likeness (QED) is 0.525. The lowest BCUT2D eigenvalue weighted by Gasteiger charge is -2.27. The van der Waals surface area contributed by atoms with Crippen LogP contribution in [0.2, 0.25) is 0 Å². The number of hydrogen-bond acceptors (Lipinski definition) is 6. The Labute approximate surface area is 169 Å². The number of carboxylic acids is 1. The van der Waals surface area contributed by atoms with Crippen LogP contribution in [0, 0.1) is 0 Å². The number of thioether (sulfide) groups is 1. The average Bonchev–Trinajstić information content (AvgIpc) is 2.85. The molecular formula is C20H27N3O4S. The van der Waals surface area contributed by atoms with Gasteiger partial charge in [0.1, 0.15) is 11.0 Å². The van der Waals surface area contributed by atoms with Gasteiger partial charge >= 0.3 is 5.97 Å². The molecule has 0 spiro atoms. The second-order valence-corrected chi connectivity index (χ2v) is 10.00. The summed E-state index contributed by atoms with van der Waals surface area (Å²) in [6.07, 6.45) is 1.30. The number of amides is 1. The number of carboxylic acid groups (broad SMARTS) is 1. The number of amidine groups is 1. The molecule has 1 amide bonds.